The summed E-state index contributed by atoms with van der Waals surface area (Å²) in [6.07, 6.45) is 1.92. The zero-order valence-electron chi connectivity index (χ0n) is 20.4. The number of hydrogen-bond donors (Lipinski definition) is 1. The molecule has 0 spiro atoms. The van der Waals surface area contributed by atoms with Crippen molar-refractivity contribution in [3.63, 3.8) is 0 Å². The number of nitrogens with zero attached hydrogens (tertiary/aromatic N) is 4. The van der Waals surface area contributed by atoms with E-state index in [4.69, 9.17) is 9.47 Å². The molecule has 36 heavy (non-hydrogen) atoms. The maximum Gasteiger partial charge on any atom is 0.272 e. The number of para-hydroxylation sites is 1. The maximum absolute atomic E-state index is 13.3. The molecule has 1 aromatic carbocycles. The molecule has 5 rings (SSSR count). The SMILES string of the molecule is O=C(C[C@H]1CC[C@@H]2[C@H](COC[C@H](O)CN2C(=O)c2ccccn2)O1)N1CCN(c2ccccc2)CC1. The monoisotopic (exact) mass is 494 g/mol. The minimum Gasteiger partial charge on any atom is -0.389 e. The largest absolute Gasteiger partial charge is 0.389 e. The number of anilines is 1. The number of piperazine rings is 1. The van der Waals surface area contributed by atoms with Gasteiger partial charge < -0.3 is 29.3 Å². The van der Waals surface area contributed by atoms with Gasteiger partial charge in [0.1, 0.15) is 11.8 Å². The normalized spacial score (nSPS) is 27.1. The van der Waals surface area contributed by atoms with E-state index in [1.165, 1.54) is 5.69 Å². The smallest absolute Gasteiger partial charge is 0.272 e. The summed E-state index contributed by atoms with van der Waals surface area (Å²) in [5.41, 5.74) is 1.53. The minimum absolute atomic E-state index is 0.106. The molecule has 0 aliphatic carbocycles. The number of hydrogen-bond acceptors (Lipinski definition) is 7. The average Bonchev–Trinajstić information content (AvgIpc) is 2.92. The number of rotatable bonds is 4. The summed E-state index contributed by atoms with van der Waals surface area (Å²) in [7, 11) is 0. The van der Waals surface area contributed by atoms with Gasteiger partial charge in [-0.25, -0.2) is 0 Å². The zero-order chi connectivity index (χ0) is 24.9. The molecule has 192 valence electrons. The fraction of sp³-hybridized carbons (Fsp3) is 0.519. The molecule has 3 saturated heterocycles. The van der Waals surface area contributed by atoms with Gasteiger partial charge in [0.05, 0.1) is 37.9 Å². The summed E-state index contributed by atoms with van der Waals surface area (Å²) in [5.74, 6) is -0.115. The number of fused-ring (bicyclic) bond motifs is 1. The third kappa shape index (κ3) is 5.69. The first-order chi connectivity index (χ1) is 17.6. The van der Waals surface area contributed by atoms with Crippen LogP contribution in [0.4, 0.5) is 5.69 Å². The molecule has 4 heterocycles. The third-order valence-electron chi connectivity index (χ3n) is 7.28. The number of carbonyl (C=O) groups excluding carboxylic acids is 2. The van der Waals surface area contributed by atoms with Gasteiger partial charge in [0.15, 0.2) is 0 Å². The van der Waals surface area contributed by atoms with Crippen molar-refractivity contribution in [3.8, 4) is 0 Å². The van der Waals surface area contributed by atoms with Gasteiger partial charge >= 0.3 is 0 Å². The third-order valence-corrected chi connectivity index (χ3v) is 7.28. The van der Waals surface area contributed by atoms with Crippen LogP contribution in [0, 0.1) is 0 Å². The fourth-order valence-electron chi connectivity index (χ4n) is 5.39. The number of carbonyl (C=O) groups is 2. The van der Waals surface area contributed by atoms with Crippen LogP contribution in [0.25, 0.3) is 0 Å². The lowest BCUT2D eigenvalue weighted by Gasteiger charge is -2.44. The van der Waals surface area contributed by atoms with Crippen LogP contribution in [0.2, 0.25) is 0 Å². The van der Waals surface area contributed by atoms with E-state index in [1.807, 2.05) is 23.1 Å². The number of benzene rings is 1. The summed E-state index contributed by atoms with van der Waals surface area (Å²) in [6, 6.07) is 15.3. The topological polar surface area (TPSA) is 95.4 Å². The molecule has 0 unspecified atom stereocenters. The number of aromatic nitrogens is 1. The molecule has 3 aliphatic rings. The van der Waals surface area contributed by atoms with E-state index in [1.54, 1.807) is 29.3 Å². The molecule has 1 aromatic heterocycles. The summed E-state index contributed by atoms with van der Waals surface area (Å²) in [4.78, 5) is 36.5. The molecule has 4 atom stereocenters. The van der Waals surface area contributed by atoms with Gasteiger partial charge in [-0.3, -0.25) is 14.6 Å². The van der Waals surface area contributed by atoms with Crippen molar-refractivity contribution in [3.05, 3.63) is 60.4 Å². The van der Waals surface area contributed by atoms with Gasteiger partial charge in [-0.1, -0.05) is 24.3 Å². The van der Waals surface area contributed by atoms with Gasteiger partial charge in [-0.05, 0) is 37.1 Å². The average molecular weight is 495 g/mol. The second-order valence-corrected chi connectivity index (χ2v) is 9.71. The van der Waals surface area contributed by atoms with E-state index in [9.17, 15) is 14.7 Å². The lowest BCUT2D eigenvalue weighted by molar-refractivity contribution is -0.155. The predicted octanol–water partition coefficient (Wildman–Crippen LogP) is 1.57. The summed E-state index contributed by atoms with van der Waals surface area (Å²) in [6.45, 7) is 3.58. The number of aliphatic hydroxyl groups excluding tert-OH is 1. The lowest BCUT2D eigenvalue weighted by atomic mass is 9.94. The first-order valence-electron chi connectivity index (χ1n) is 12.8. The van der Waals surface area contributed by atoms with Crippen molar-refractivity contribution < 1.29 is 24.2 Å². The zero-order valence-corrected chi connectivity index (χ0v) is 20.4. The van der Waals surface area contributed by atoms with Crippen LogP contribution in [-0.2, 0) is 14.3 Å². The van der Waals surface area contributed by atoms with Crippen molar-refractivity contribution in [2.24, 2.45) is 0 Å². The standard InChI is InChI=1S/C27H34N4O5/c32-21-17-31(27(34)23-8-4-5-11-28-23)24-10-9-22(36-25(24)19-35-18-21)16-26(33)30-14-12-29(13-15-30)20-6-2-1-3-7-20/h1-8,11,21-22,24-25,32H,9-10,12-19H2/t21-,22-,24-,25+/m1/s1. The van der Waals surface area contributed by atoms with Crippen LogP contribution in [-0.4, -0.2) is 102 Å². The molecule has 2 amide bonds. The Morgan fingerprint density at radius 1 is 0.972 bits per heavy atom. The van der Waals surface area contributed by atoms with Crippen LogP contribution >= 0.6 is 0 Å². The van der Waals surface area contributed by atoms with E-state index < -0.39 is 6.10 Å². The van der Waals surface area contributed by atoms with Crippen LogP contribution in [0.5, 0.6) is 0 Å². The molecular formula is C27H34N4O5. The van der Waals surface area contributed by atoms with Gasteiger partial charge in [0.2, 0.25) is 5.91 Å². The van der Waals surface area contributed by atoms with Gasteiger partial charge in [-0.15, -0.1) is 0 Å². The van der Waals surface area contributed by atoms with Gasteiger partial charge in [0.25, 0.3) is 5.91 Å². The molecule has 3 aliphatic heterocycles. The molecule has 9 nitrogen and oxygen atoms in total. The Labute approximate surface area is 211 Å². The van der Waals surface area contributed by atoms with Crippen molar-refractivity contribution in [2.45, 2.75) is 43.6 Å². The Morgan fingerprint density at radius 2 is 1.75 bits per heavy atom. The van der Waals surface area contributed by atoms with Gasteiger partial charge in [-0.2, -0.15) is 0 Å². The molecule has 0 radical (unpaired) electrons. The van der Waals surface area contributed by atoms with Gasteiger partial charge in [0, 0.05) is 44.6 Å². The second kappa shape index (κ2) is 11.4. The van der Waals surface area contributed by atoms with Crippen LogP contribution in [0.15, 0.2) is 54.7 Å². The number of pyridine rings is 1. The molecule has 1 N–H and O–H groups in total. The second-order valence-electron chi connectivity index (χ2n) is 9.71. The van der Waals surface area contributed by atoms with E-state index in [-0.39, 0.29) is 49.8 Å². The highest BCUT2D eigenvalue weighted by Crippen LogP contribution is 2.29. The highest BCUT2D eigenvalue weighted by molar-refractivity contribution is 5.92. The lowest BCUT2D eigenvalue weighted by Crippen LogP contribution is -2.58. The van der Waals surface area contributed by atoms with E-state index in [0.717, 1.165) is 13.1 Å². The van der Waals surface area contributed by atoms with Crippen molar-refractivity contribution >= 4 is 17.5 Å². The quantitative estimate of drug-likeness (QED) is 0.689. The first-order valence-corrected chi connectivity index (χ1v) is 12.8. The van der Waals surface area contributed by atoms with E-state index in [2.05, 4.69) is 22.0 Å². The highest BCUT2D eigenvalue weighted by atomic mass is 16.5. The fourth-order valence-corrected chi connectivity index (χ4v) is 5.39. The van der Waals surface area contributed by atoms with Crippen molar-refractivity contribution in [1.29, 1.82) is 0 Å². The highest BCUT2D eigenvalue weighted by Gasteiger charge is 2.40. The Hall–Kier alpha value is -3.01. The van der Waals surface area contributed by atoms with E-state index >= 15 is 0 Å². The number of aliphatic hydroxyl groups is 1. The predicted molar refractivity (Wildman–Crippen MR) is 134 cm³/mol. The Bertz CT molecular complexity index is 1020. The minimum atomic E-state index is -0.771. The van der Waals surface area contributed by atoms with Crippen molar-refractivity contribution in [2.75, 3.05) is 50.8 Å². The van der Waals surface area contributed by atoms with Crippen molar-refractivity contribution in [1.82, 2.24) is 14.8 Å². The summed E-state index contributed by atoms with van der Waals surface area (Å²) in [5, 5.41) is 10.3. The Morgan fingerprint density at radius 3 is 2.50 bits per heavy atom. The number of β-amino-alcohol motifs (C(OH)–C–C–N with tert-alkyl or cyclic N) is 1. The number of amides is 2. The molecule has 2 aromatic rings. The Kier molecular flexibility index (Phi) is 7.79. The Balaban J connectivity index is 1.18. The maximum atomic E-state index is 13.3. The molecular weight excluding hydrogens is 460 g/mol. The molecule has 0 saturated carbocycles. The summed E-state index contributed by atoms with van der Waals surface area (Å²) >= 11 is 0. The summed E-state index contributed by atoms with van der Waals surface area (Å²) < 4.78 is 12.0. The molecule has 3 fully saturated rings. The van der Waals surface area contributed by atoms with Crippen LogP contribution in [0.1, 0.15) is 29.8 Å². The molecule has 0 bridgehead atoms. The van der Waals surface area contributed by atoms with Crippen LogP contribution < -0.4 is 4.90 Å². The first kappa shape index (κ1) is 24.7. The van der Waals surface area contributed by atoms with Crippen LogP contribution in [0.3, 0.4) is 0 Å². The van der Waals surface area contributed by atoms with E-state index in [0.29, 0.717) is 38.0 Å². The number of ether oxygens (including phenoxy) is 2. The molecule has 9 heteroatoms.